The Kier molecular flexibility index (Phi) is 4.78. The van der Waals surface area contributed by atoms with E-state index in [1.54, 1.807) is 13.1 Å². The molecular weight excluding hydrogens is 371 g/mol. The van der Waals surface area contributed by atoms with Gasteiger partial charge in [-0.1, -0.05) is 18.2 Å². The first kappa shape index (κ1) is 14.6. The highest BCUT2D eigenvalue weighted by atomic mass is 127. The Labute approximate surface area is 130 Å². The number of benzene rings is 2. The number of hydrogen-bond donors (Lipinski definition) is 1. The molecule has 0 atom stereocenters. The van der Waals surface area contributed by atoms with Gasteiger partial charge in [0.2, 0.25) is 0 Å². The number of rotatable bonds is 5. The molecule has 0 aromatic heterocycles. The number of nitro benzene ring substituents is 1. The van der Waals surface area contributed by atoms with E-state index < -0.39 is 4.92 Å². The normalized spacial score (nSPS) is 10.1. The third kappa shape index (κ3) is 3.38. The van der Waals surface area contributed by atoms with E-state index in [9.17, 15) is 10.1 Å². The first-order valence-electron chi connectivity index (χ1n) is 5.94. The number of hydrogen-bond acceptors (Lipinski definition) is 4. The predicted molar refractivity (Wildman–Crippen MR) is 86.1 cm³/mol. The van der Waals surface area contributed by atoms with Crippen molar-refractivity contribution in [3.8, 4) is 5.75 Å². The van der Waals surface area contributed by atoms with Crippen LogP contribution in [0.2, 0.25) is 0 Å². The minimum absolute atomic E-state index is 0.0521. The lowest BCUT2D eigenvalue weighted by Gasteiger charge is -2.11. The number of halogens is 1. The highest BCUT2D eigenvalue weighted by Gasteiger charge is 2.16. The Bertz CT molecular complexity index is 632. The molecule has 0 spiro atoms. The van der Waals surface area contributed by atoms with Gasteiger partial charge in [0.15, 0.2) is 0 Å². The molecule has 2 aromatic rings. The van der Waals surface area contributed by atoms with Gasteiger partial charge in [0.05, 0.1) is 4.92 Å². The molecule has 20 heavy (non-hydrogen) atoms. The minimum atomic E-state index is -0.402. The van der Waals surface area contributed by atoms with Crippen LogP contribution >= 0.6 is 22.6 Å². The average molecular weight is 384 g/mol. The number of para-hydroxylation sites is 1. The van der Waals surface area contributed by atoms with Crippen molar-refractivity contribution in [2.75, 3.05) is 12.4 Å². The van der Waals surface area contributed by atoms with Gasteiger partial charge in [-0.2, -0.15) is 0 Å². The van der Waals surface area contributed by atoms with Crippen LogP contribution in [0, 0.1) is 13.7 Å². The van der Waals surface area contributed by atoms with Crippen LogP contribution in [0.3, 0.4) is 0 Å². The standard InChI is InChI=1S/C14H13IN2O3/c1-16-14-10(4-2-7-13(14)17(18)19)9-20-12-6-3-5-11(15)8-12/h2-8,16H,9H2,1H3. The number of nitrogens with zero attached hydrogens (tertiary/aromatic N) is 1. The molecule has 104 valence electrons. The smallest absolute Gasteiger partial charge is 0.292 e. The Morgan fingerprint density at radius 1 is 1.30 bits per heavy atom. The van der Waals surface area contributed by atoms with E-state index in [4.69, 9.17) is 4.74 Å². The van der Waals surface area contributed by atoms with Gasteiger partial charge in [0.1, 0.15) is 18.0 Å². The molecule has 0 unspecified atom stereocenters. The number of ether oxygens (including phenoxy) is 1. The number of nitrogens with one attached hydrogen (secondary N) is 1. The van der Waals surface area contributed by atoms with Crippen molar-refractivity contribution in [3.05, 3.63) is 61.7 Å². The predicted octanol–water partition coefficient (Wildman–Crippen LogP) is 3.82. The van der Waals surface area contributed by atoms with Crippen LogP contribution in [-0.4, -0.2) is 12.0 Å². The van der Waals surface area contributed by atoms with E-state index in [2.05, 4.69) is 27.9 Å². The summed E-state index contributed by atoms with van der Waals surface area (Å²) in [5.41, 5.74) is 1.29. The summed E-state index contributed by atoms with van der Waals surface area (Å²) in [4.78, 5) is 10.6. The average Bonchev–Trinajstić information content (AvgIpc) is 2.44. The van der Waals surface area contributed by atoms with Crippen molar-refractivity contribution in [2.45, 2.75) is 6.61 Å². The van der Waals surface area contributed by atoms with E-state index in [1.807, 2.05) is 30.3 Å². The zero-order chi connectivity index (χ0) is 14.5. The van der Waals surface area contributed by atoms with E-state index in [0.717, 1.165) is 14.9 Å². The second-order valence-corrected chi connectivity index (χ2v) is 5.31. The van der Waals surface area contributed by atoms with Crippen molar-refractivity contribution in [1.82, 2.24) is 0 Å². The molecule has 0 aliphatic heterocycles. The molecule has 6 heteroatoms. The Hall–Kier alpha value is -1.83. The second kappa shape index (κ2) is 6.56. The highest BCUT2D eigenvalue weighted by Crippen LogP contribution is 2.28. The van der Waals surface area contributed by atoms with Crippen LogP contribution in [0.5, 0.6) is 5.75 Å². The monoisotopic (exact) mass is 384 g/mol. The van der Waals surface area contributed by atoms with E-state index in [0.29, 0.717) is 5.69 Å². The molecule has 0 aliphatic rings. The lowest BCUT2D eigenvalue weighted by atomic mass is 10.1. The van der Waals surface area contributed by atoms with Crippen LogP contribution in [0.15, 0.2) is 42.5 Å². The third-order valence-corrected chi connectivity index (χ3v) is 3.44. The Morgan fingerprint density at radius 2 is 2.05 bits per heavy atom. The molecule has 0 fully saturated rings. The van der Waals surface area contributed by atoms with Crippen LogP contribution in [-0.2, 0) is 6.61 Å². The maximum absolute atomic E-state index is 11.0. The summed E-state index contributed by atoms with van der Waals surface area (Å²) < 4.78 is 6.76. The molecule has 0 bridgehead atoms. The lowest BCUT2D eigenvalue weighted by molar-refractivity contribution is -0.384. The van der Waals surface area contributed by atoms with Crippen LogP contribution < -0.4 is 10.1 Å². The molecule has 2 rings (SSSR count). The molecule has 2 aromatic carbocycles. The molecule has 0 saturated heterocycles. The summed E-state index contributed by atoms with van der Waals surface area (Å²) in [6.45, 7) is 0.276. The fourth-order valence-electron chi connectivity index (χ4n) is 1.87. The summed E-state index contributed by atoms with van der Waals surface area (Å²) in [5, 5.41) is 13.8. The maximum Gasteiger partial charge on any atom is 0.292 e. The van der Waals surface area contributed by atoms with E-state index >= 15 is 0 Å². The van der Waals surface area contributed by atoms with Crippen molar-refractivity contribution in [2.24, 2.45) is 0 Å². The fraction of sp³-hybridized carbons (Fsp3) is 0.143. The Morgan fingerprint density at radius 3 is 2.70 bits per heavy atom. The molecule has 1 N–H and O–H groups in total. The molecule has 0 amide bonds. The van der Waals surface area contributed by atoms with Gasteiger partial charge < -0.3 is 10.1 Å². The summed E-state index contributed by atoms with van der Waals surface area (Å²) in [5.74, 6) is 0.741. The minimum Gasteiger partial charge on any atom is -0.489 e. The molecule has 0 aliphatic carbocycles. The SMILES string of the molecule is CNc1c(COc2cccc(I)c2)cccc1[N+](=O)[O-]. The van der Waals surface area contributed by atoms with Crippen LogP contribution in [0.4, 0.5) is 11.4 Å². The zero-order valence-electron chi connectivity index (χ0n) is 10.8. The Balaban J connectivity index is 2.21. The third-order valence-electron chi connectivity index (χ3n) is 2.77. The van der Waals surface area contributed by atoms with Crippen molar-refractivity contribution >= 4 is 34.0 Å². The van der Waals surface area contributed by atoms with Gasteiger partial charge >= 0.3 is 0 Å². The van der Waals surface area contributed by atoms with Crippen molar-refractivity contribution in [3.63, 3.8) is 0 Å². The van der Waals surface area contributed by atoms with Gasteiger partial charge in [-0.15, -0.1) is 0 Å². The van der Waals surface area contributed by atoms with E-state index in [1.165, 1.54) is 6.07 Å². The lowest BCUT2D eigenvalue weighted by Crippen LogP contribution is -2.04. The van der Waals surface area contributed by atoms with Crippen molar-refractivity contribution in [1.29, 1.82) is 0 Å². The number of nitro groups is 1. The second-order valence-electron chi connectivity index (χ2n) is 4.06. The summed E-state index contributed by atoms with van der Waals surface area (Å²) in [7, 11) is 1.66. The maximum atomic E-state index is 11.0. The molecular formula is C14H13IN2O3. The van der Waals surface area contributed by atoms with Gasteiger partial charge in [-0.3, -0.25) is 10.1 Å². The summed E-state index contributed by atoms with van der Waals surface area (Å²) in [6, 6.07) is 12.6. The summed E-state index contributed by atoms with van der Waals surface area (Å²) >= 11 is 2.21. The quantitative estimate of drug-likeness (QED) is 0.484. The zero-order valence-corrected chi connectivity index (χ0v) is 13.0. The molecule has 5 nitrogen and oxygen atoms in total. The molecule has 0 saturated carbocycles. The first-order valence-corrected chi connectivity index (χ1v) is 7.02. The molecule has 0 radical (unpaired) electrons. The van der Waals surface area contributed by atoms with Gasteiger partial charge in [-0.05, 0) is 40.8 Å². The van der Waals surface area contributed by atoms with Crippen LogP contribution in [0.25, 0.3) is 0 Å². The van der Waals surface area contributed by atoms with Crippen molar-refractivity contribution < 1.29 is 9.66 Å². The van der Waals surface area contributed by atoms with Gasteiger partial charge in [0.25, 0.3) is 5.69 Å². The van der Waals surface area contributed by atoms with Crippen LogP contribution in [0.1, 0.15) is 5.56 Å². The fourth-order valence-corrected chi connectivity index (χ4v) is 2.38. The topological polar surface area (TPSA) is 64.4 Å². The van der Waals surface area contributed by atoms with E-state index in [-0.39, 0.29) is 12.3 Å². The largest absolute Gasteiger partial charge is 0.489 e. The number of anilines is 1. The van der Waals surface area contributed by atoms with Gasteiger partial charge in [0, 0.05) is 22.2 Å². The molecule has 0 heterocycles. The summed E-state index contributed by atoms with van der Waals surface area (Å²) in [6.07, 6.45) is 0. The van der Waals surface area contributed by atoms with Gasteiger partial charge in [-0.25, -0.2) is 0 Å². The first-order chi connectivity index (χ1) is 9.61. The highest BCUT2D eigenvalue weighted by molar-refractivity contribution is 14.1.